The number of benzene rings is 2. The Bertz CT molecular complexity index is 347. The summed E-state index contributed by atoms with van der Waals surface area (Å²) in [6.07, 6.45) is 4.85. The van der Waals surface area contributed by atoms with Gasteiger partial charge in [0.2, 0.25) is 0 Å². The Labute approximate surface area is 97.9 Å². The van der Waals surface area contributed by atoms with Crippen molar-refractivity contribution in [3.63, 3.8) is 0 Å². The topological polar surface area (TPSA) is 0 Å². The maximum Gasteiger partial charge on any atom is -0.0184 e. The van der Waals surface area contributed by atoms with Crippen molar-refractivity contribution in [3.05, 3.63) is 71.8 Å². The maximum atomic E-state index is 3.05. The predicted octanol–water partition coefficient (Wildman–Crippen LogP) is 3.85. The molecule has 0 aliphatic heterocycles. The second-order valence-electron chi connectivity index (χ2n) is 4.02. The first-order valence-corrected chi connectivity index (χ1v) is 5.85. The molecule has 0 atom stereocenters. The van der Waals surface area contributed by atoms with Gasteiger partial charge in [-0.25, -0.2) is 0 Å². The van der Waals surface area contributed by atoms with Crippen LogP contribution < -0.4 is 0 Å². The van der Waals surface area contributed by atoms with Crippen LogP contribution in [0.4, 0.5) is 0 Å². The summed E-state index contributed by atoms with van der Waals surface area (Å²) < 4.78 is 0. The molecule has 0 aliphatic carbocycles. The van der Waals surface area contributed by atoms with Gasteiger partial charge in [0.05, 0.1) is 0 Å². The minimum absolute atomic E-state index is 1.17. The lowest BCUT2D eigenvalue weighted by Gasteiger charge is -2.02. The Morgan fingerprint density at radius 3 is 1.38 bits per heavy atom. The van der Waals surface area contributed by atoms with Gasteiger partial charge in [-0.2, -0.15) is 0 Å². The molecule has 16 heavy (non-hydrogen) atoms. The van der Waals surface area contributed by atoms with Crippen LogP contribution in [0.25, 0.3) is 0 Å². The molecule has 0 saturated carbocycles. The van der Waals surface area contributed by atoms with E-state index < -0.39 is 0 Å². The Kier molecular flexibility index (Phi) is 4.18. The monoisotopic (exact) mass is 208 g/mol. The zero-order valence-corrected chi connectivity index (χ0v) is 9.45. The molecule has 2 rings (SSSR count). The fourth-order valence-electron chi connectivity index (χ4n) is 1.83. The van der Waals surface area contributed by atoms with E-state index in [9.17, 15) is 0 Å². The summed E-state index contributed by atoms with van der Waals surface area (Å²) in [5.74, 6) is 0. The average molecular weight is 208 g/mol. The smallest absolute Gasteiger partial charge is 0.0184 e. The molecule has 0 spiro atoms. The SMILES string of the molecule is [c]1ccc(CCCCc2cc[c]cc2)cc1. The molecule has 0 N–H and O–H groups in total. The summed E-state index contributed by atoms with van der Waals surface area (Å²) >= 11 is 0. The molecule has 0 heteroatoms. The van der Waals surface area contributed by atoms with E-state index in [0.717, 1.165) is 0 Å². The van der Waals surface area contributed by atoms with Gasteiger partial charge in [0.25, 0.3) is 0 Å². The molecule has 0 aromatic heterocycles. The summed E-state index contributed by atoms with van der Waals surface area (Å²) in [5, 5.41) is 0. The van der Waals surface area contributed by atoms with E-state index in [2.05, 4.69) is 36.4 Å². The first-order valence-electron chi connectivity index (χ1n) is 5.85. The molecule has 0 amide bonds. The lowest BCUT2D eigenvalue weighted by Crippen LogP contribution is -1.88. The molecule has 2 aromatic carbocycles. The van der Waals surface area contributed by atoms with Crippen molar-refractivity contribution in [3.8, 4) is 0 Å². The fraction of sp³-hybridized carbons (Fsp3) is 0.250. The quantitative estimate of drug-likeness (QED) is 0.655. The molecular formula is C16H16. The molecule has 80 valence electrons. The van der Waals surface area contributed by atoms with E-state index in [1.54, 1.807) is 0 Å². The van der Waals surface area contributed by atoms with Crippen molar-refractivity contribution < 1.29 is 0 Å². The van der Waals surface area contributed by atoms with Gasteiger partial charge in [0, 0.05) is 0 Å². The highest BCUT2D eigenvalue weighted by Gasteiger charge is 1.94. The summed E-state index contributed by atoms with van der Waals surface area (Å²) in [6, 6.07) is 22.6. The van der Waals surface area contributed by atoms with E-state index in [0.29, 0.717) is 0 Å². The summed E-state index contributed by atoms with van der Waals surface area (Å²) in [7, 11) is 0. The Morgan fingerprint density at radius 2 is 1.00 bits per heavy atom. The largest absolute Gasteiger partial charge is 0.0584 e. The van der Waals surface area contributed by atoms with E-state index in [4.69, 9.17) is 0 Å². The Hall–Kier alpha value is -1.56. The van der Waals surface area contributed by atoms with E-state index >= 15 is 0 Å². The van der Waals surface area contributed by atoms with Crippen LogP contribution in [0.5, 0.6) is 0 Å². The average Bonchev–Trinajstić information content (AvgIpc) is 2.37. The second-order valence-corrected chi connectivity index (χ2v) is 4.02. The van der Waals surface area contributed by atoms with E-state index in [-0.39, 0.29) is 0 Å². The van der Waals surface area contributed by atoms with Gasteiger partial charge in [-0.05, 0) is 48.9 Å². The molecule has 0 saturated heterocycles. The Balaban J connectivity index is 1.70. The Morgan fingerprint density at radius 1 is 0.625 bits per heavy atom. The minimum atomic E-state index is 1.17. The van der Waals surface area contributed by atoms with Gasteiger partial charge in [-0.3, -0.25) is 0 Å². The summed E-state index contributed by atoms with van der Waals surface area (Å²) in [4.78, 5) is 0. The third-order valence-electron chi connectivity index (χ3n) is 2.76. The highest BCUT2D eigenvalue weighted by molar-refractivity contribution is 5.15. The van der Waals surface area contributed by atoms with Crippen molar-refractivity contribution in [2.45, 2.75) is 25.7 Å². The van der Waals surface area contributed by atoms with Gasteiger partial charge in [0.1, 0.15) is 0 Å². The number of rotatable bonds is 5. The fourth-order valence-corrected chi connectivity index (χ4v) is 1.83. The minimum Gasteiger partial charge on any atom is -0.0584 e. The number of aryl methyl sites for hydroxylation is 2. The van der Waals surface area contributed by atoms with Gasteiger partial charge >= 0.3 is 0 Å². The molecular weight excluding hydrogens is 192 g/mol. The molecule has 0 heterocycles. The normalized spacial score (nSPS) is 10.2. The van der Waals surface area contributed by atoms with Crippen LogP contribution in [0.2, 0.25) is 0 Å². The molecule has 0 fully saturated rings. The predicted molar refractivity (Wildman–Crippen MR) is 67.2 cm³/mol. The van der Waals surface area contributed by atoms with Gasteiger partial charge in [-0.15, -0.1) is 0 Å². The number of hydrogen-bond acceptors (Lipinski definition) is 0. The molecule has 0 nitrogen and oxygen atoms in total. The highest BCUT2D eigenvalue weighted by atomic mass is 14.0. The zero-order chi connectivity index (χ0) is 11.1. The van der Waals surface area contributed by atoms with E-state index in [1.165, 1.54) is 36.8 Å². The van der Waals surface area contributed by atoms with E-state index in [1.807, 2.05) is 24.3 Å². The number of hydrogen-bond donors (Lipinski definition) is 0. The third kappa shape index (κ3) is 3.54. The molecule has 0 unspecified atom stereocenters. The number of unbranched alkanes of at least 4 members (excludes halogenated alkanes) is 1. The van der Waals surface area contributed by atoms with Crippen LogP contribution >= 0.6 is 0 Å². The summed E-state index contributed by atoms with van der Waals surface area (Å²) in [5.41, 5.74) is 2.83. The maximum absolute atomic E-state index is 3.05. The summed E-state index contributed by atoms with van der Waals surface area (Å²) in [6.45, 7) is 0. The first-order chi connectivity index (χ1) is 7.95. The first kappa shape index (κ1) is 10.9. The van der Waals surface area contributed by atoms with Gasteiger partial charge < -0.3 is 0 Å². The van der Waals surface area contributed by atoms with Crippen LogP contribution in [-0.4, -0.2) is 0 Å². The van der Waals surface area contributed by atoms with Crippen molar-refractivity contribution in [2.75, 3.05) is 0 Å². The standard InChI is InChI=1S/C16H16/c1-3-9-15(10-4-1)13-7-8-14-16-11-5-2-6-12-16/h3-6,9-12H,7-8,13-14H2. The van der Waals surface area contributed by atoms with Crippen LogP contribution in [0.15, 0.2) is 48.5 Å². The second kappa shape index (κ2) is 6.12. The van der Waals surface area contributed by atoms with Crippen LogP contribution in [-0.2, 0) is 12.8 Å². The van der Waals surface area contributed by atoms with Gasteiger partial charge in [-0.1, -0.05) is 48.5 Å². The van der Waals surface area contributed by atoms with Crippen molar-refractivity contribution >= 4 is 0 Å². The van der Waals surface area contributed by atoms with Crippen molar-refractivity contribution in [1.29, 1.82) is 0 Å². The zero-order valence-electron chi connectivity index (χ0n) is 9.45. The molecule has 2 radical (unpaired) electrons. The van der Waals surface area contributed by atoms with Crippen LogP contribution in [0.1, 0.15) is 24.0 Å². The highest BCUT2D eigenvalue weighted by Crippen LogP contribution is 2.08. The third-order valence-corrected chi connectivity index (χ3v) is 2.76. The lowest BCUT2D eigenvalue weighted by molar-refractivity contribution is 0.734. The molecule has 2 aromatic rings. The lowest BCUT2D eigenvalue weighted by atomic mass is 10.0. The molecule has 0 bridgehead atoms. The van der Waals surface area contributed by atoms with Crippen molar-refractivity contribution in [1.82, 2.24) is 0 Å². The van der Waals surface area contributed by atoms with Crippen LogP contribution in [0.3, 0.4) is 0 Å². The van der Waals surface area contributed by atoms with Gasteiger partial charge in [0.15, 0.2) is 0 Å². The van der Waals surface area contributed by atoms with Crippen molar-refractivity contribution in [2.24, 2.45) is 0 Å². The van der Waals surface area contributed by atoms with Crippen LogP contribution in [0, 0.1) is 12.1 Å². The molecule has 0 aliphatic rings.